The van der Waals surface area contributed by atoms with Gasteiger partial charge in [-0.25, -0.2) is 0 Å². The number of aromatic amines is 1. The zero-order valence-corrected chi connectivity index (χ0v) is 9.60. The van der Waals surface area contributed by atoms with Gasteiger partial charge >= 0.3 is 0 Å². The van der Waals surface area contributed by atoms with Gasteiger partial charge in [0.1, 0.15) is 0 Å². The Morgan fingerprint density at radius 3 is 3.06 bits per heavy atom. The van der Waals surface area contributed by atoms with Crippen LogP contribution in [0.4, 0.5) is 5.69 Å². The van der Waals surface area contributed by atoms with Crippen LogP contribution in [0.25, 0.3) is 10.9 Å². The summed E-state index contributed by atoms with van der Waals surface area (Å²) in [4.78, 5) is 13.5. The molecule has 1 atom stereocenters. The third kappa shape index (κ3) is 1.59. The van der Waals surface area contributed by atoms with Crippen LogP contribution >= 0.6 is 0 Å². The Labute approximate surface area is 98.6 Å². The van der Waals surface area contributed by atoms with Crippen LogP contribution in [-0.2, 0) is 4.79 Å². The Balaban J connectivity index is 2.03. The molecule has 1 aliphatic rings. The summed E-state index contributed by atoms with van der Waals surface area (Å²) in [6, 6.07) is 5.80. The minimum atomic E-state index is -0.0564. The smallest absolute Gasteiger partial charge is 0.228 e. The molecule has 2 heterocycles. The Morgan fingerprint density at radius 1 is 1.53 bits per heavy atom. The highest BCUT2D eigenvalue weighted by atomic mass is 16.2. The van der Waals surface area contributed by atoms with E-state index in [0.717, 1.165) is 22.3 Å². The number of fused-ring (bicyclic) bond motifs is 1. The number of anilines is 1. The average Bonchev–Trinajstić information content (AvgIpc) is 2.82. The van der Waals surface area contributed by atoms with E-state index in [4.69, 9.17) is 5.73 Å². The summed E-state index contributed by atoms with van der Waals surface area (Å²) in [5.74, 6) is 0.0871. The normalized spacial score (nSPS) is 20.5. The first kappa shape index (κ1) is 10.3. The molecular formula is C12H14N4O. The number of nitrogens with one attached hydrogen (secondary N) is 1. The highest BCUT2D eigenvalue weighted by Gasteiger charge is 2.28. The van der Waals surface area contributed by atoms with E-state index in [2.05, 4.69) is 10.2 Å². The Bertz CT molecular complexity index is 589. The lowest BCUT2D eigenvalue weighted by atomic mass is 10.2. The summed E-state index contributed by atoms with van der Waals surface area (Å²) in [6.45, 7) is 2.57. The van der Waals surface area contributed by atoms with E-state index in [1.807, 2.05) is 25.1 Å². The average molecular weight is 230 g/mol. The number of aryl methyl sites for hydroxylation is 1. The number of carbonyl (C=O) groups excluding carboxylic acids is 1. The predicted octanol–water partition coefficient (Wildman–Crippen LogP) is 0.935. The first-order chi connectivity index (χ1) is 8.15. The summed E-state index contributed by atoms with van der Waals surface area (Å²) in [6.07, 6.45) is 0.428. The molecule has 1 aliphatic heterocycles. The highest BCUT2D eigenvalue weighted by molar-refractivity contribution is 5.98. The molecule has 1 amide bonds. The fourth-order valence-corrected chi connectivity index (χ4v) is 2.29. The second-order valence-electron chi connectivity index (χ2n) is 4.52. The minimum Gasteiger partial charge on any atom is -0.326 e. The van der Waals surface area contributed by atoms with Crippen molar-refractivity contribution in [2.75, 3.05) is 11.4 Å². The predicted molar refractivity (Wildman–Crippen MR) is 65.8 cm³/mol. The van der Waals surface area contributed by atoms with Gasteiger partial charge in [-0.1, -0.05) is 0 Å². The van der Waals surface area contributed by atoms with Crippen molar-refractivity contribution in [1.29, 1.82) is 0 Å². The van der Waals surface area contributed by atoms with Crippen LogP contribution < -0.4 is 10.6 Å². The Morgan fingerprint density at radius 2 is 2.35 bits per heavy atom. The van der Waals surface area contributed by atoms with E-state index in [1.165, 1.54) is 0 Å². The third-order valence-corrected chi connectivity index (χ3v) is 3.20. The fraction of sp³-hybridized carbons (Fsp3) is 0.333. The third-order valence-electron chi connectivity index (χ3n) is 3.20. The van der Waals surface area contributed by atoms with E-state index < -0.39 is 0 Å². The molecule has 0 aliphatic carbocycles. The molecule has 1 aromatic carbocycles. The summed E-state index contributed by atoms with van der Waals surface area (Å²) in [5.41, 5.74) is 8.58. The standard InChI is InChI=1S/C12H14N4O/c1-7-10-3-2-9(5-11(10)15-14-7)16-6-8(13)4-12(16)17/h2-3,5,8H,4,6,13H2,1H3,(H,14,15). The van der Waals surface area contributed by atoms with Crippen molar-refractivity contribution in [2.45, 2.75) is 19.4 Å². The van der Waals surface area contributed by atoms with E-state index in [1.54, 1.807) is 4.90 Å². The van der Waals surface area contributed by atoms with Crippen molar-refractivity contribution >= 4 is 22.5 Å². The number of nitrogens with zero attached hydrogens (tertiary/aromatic N) is 2. The molecule has 0 saturated carbocycles. The number of amides is 1. The lowest BCUT2D eigenvalue weighted by molar-refractivity contribution is -0.117. The maximum absolute atomic E-state index is 11.7. The van der Waals surface area contributed by atoms with Gasteiger partial charge in [-0.15, -0.1) is 0 Å². The number of hydrogen-bond acceptors (Lipinski definition) is 3. The van der Waals surface area contributed by atoms with Crippen LogP contribution in [-0.4, -0.2) is 28.7 Å². The van der Waals surface area contributed by atoms with E-state index in [9.17, 15) is 4.79 Å². The van der Waals surface area contributed by atoms with Crippen LogP contribution in [0.15, 0.2) is 18.2 Å². The van der Waals surface area contributed by atoms with E-state index >= 15 is 0 Å². The summed E-state index contributed by atoms with van der Waals surface area (Å²) in [7, 11) is 0. The maximum atomic E-state index is 11.7. The zero-order chi connectivity index (χ0) is 12.0. The van der Waals surface area contributed by atoms with Crippen molar-refractivity contribution < 1.29 is 4.79 Å². The van der Waals surface area contributed by atoms with Crippen LogP contribution in [0.5, 0.6) is 0 Å². The number of H-pyrrole nitrogens is 1. The van der Waals surface area contributed by atoms with E-state index in [0.29, 0.717) is 13.0 Å². The second kappa shape index (κ2) is 3.56. The second-order valence-corrected chi connectivity index (χ2v) is 4.52. The Kier molecular flexibility index (Phi) is 2.16. The zero-order valence-electron chi connectivity index (χ0n) is 9.60. The molecule has 3 rings (SSSR count). The largest absolute Gasteiger partial charge is 0.326 e. The van der Waals surface area contributed by atoms with Gasteiger partial charge < -0.3 is 10.6 Å². The summed E-state index contributed by atoms with van der Waals surface area (Å²) in [5, 5.41) is 8.22. The maximum Gasteiger partial charge on any atom is 0.228 e. The molecule has 0 radical (unpaired) electrons. The van der Waals surface area contributed by atoms with Crippen LogP contribution in [0.1, 0.15) is 12.1 Å². The van der Waals surface area contributed by atoms with Crippen LogP contribution in [0.2, 0.25) is 0 Å². The molecule has 5 heteroatoms. The van der Waals surface area contributed by atoms with Gasteiger partial charge in [-0.3, -0.25) is 9.89 Å². The van der Waals surface area contributed by atoms with Crippen molar-refractivity contribution in [3.8, 4) is 0 Å². The molecule has 3 N–H and O–H groups in total. The van der Waals surface area contributed by atoms with Gasteiger partial charge in [0.15, 0.2) is 0 Å². The molecule has 1 unspecified atom stereocenters. The monoisotopic (exact) mass is 230 g/mol. The summed E-state index contributed by atoms with van der Waals surface area (Å²) >= 11 is 0. The first-order valence-electron chi connectivity index (χ1n) is 5.66. The SMILES string of the molecule is Cc1[nH]nc2cc(N3CC(N)CC3=O)ccc12. The highest BCUT2D eigenvalue weighted by Crippen LogP contribution is 2.25. The molecule has 1 aromatic heterocycles. The van der Waals surface area contributed by atoms with Crippen LogP contribution in [0.3, 0.4) is 0 Å². The number of benzene rings is 1. The van der Waals surface area contributed by atoms with Gasteiger partial charge in [0, 0.05) is 35.8 Å². The number of rotatable bonds is 1. The molecule has 2 aromatic rings. The number of nitrogens with two attached hydrogens (primary N) is 1. The number of aromatic nitrogens is 2. The molecule has 0 spiro atoms. The lowest BCUT2D eigenvalue weighted by Gasteiger charge is -2.15. The Hall–Kier alpha value is -1.88. The van der Waals surface area contributed by atoms with Crippen molar-refractivity contribution in [3.05, 3.63) is 23.9 Å². The van der Waals surface area contributed by atoms with Crippen molar-refractivity contribution in [1.82, 2.24) is 10.2 Å². The van der Waals surface area contributed by atoms with Gasteiger partial charge in [0.05, 0.1) is 5.52 Å². The molecule has 0 bridgehead atoms. The lowest BCUT2D eigenvalue weighted by Crippen LogP contribution is -2.27. The quantitative estimate of drug-likeness (QED) is 0.765. The number of hydrogen-bond donors (Lipinski definition) is 2. The molecule has 5 nitrogen and oxygen atoms in total. The molecule has 1 saturated heterocycles. The first-order valence-corrected chi connectivity index (χ1v) is 5.66. The van der Waals surface area contributed by atoms with Gasteiger partial charge in [-0.05, 0) is 25.1 Å². The summed E-state index contributed by atoms with van der Waals surface area (Å²) < 4.78 is 0. The van der Waals surface area contributed by atoms with E-state index in [-0.39, 0.29) is 11.9 Å². The van der Waals surface area contributed by atoms with Crippen molar-refractivity contribution in [3.63, 3.8) is 0 Å². The van der Waals surface area contributed by atoms with Gasteiger partial charge in [0.2, 0.25) is 5.91 Å². The molecule has 88 valence electrons. The van der Waals surface area contributed by atoms with Gasteiger partial charge in [-0.2, -0.15) is 5.10 Å². The van der Waals surface area contributed by atoms with Gasteiger partial charge in [0.25, 0.3) is 0 Å². The molecular weight excluding hydrogens is 216 g/mol. The molecule has 17 heavy (non-hydrogen) atoms. The van der Waals surface area contributed by atoms with Crippen molar-refractivity contribution in [2.24, 2.45) is 5.73 Å². The minimum absolute atomic E-state index is 0.0564. The molecule has 1 fully saturated rings. The van der Waals surface area contributed by atoms with Crippen LogP contribution in [0, 0.1) is 6.92 Å². The fourth-order valence-electron chi connectivity index (χ4n) is 2.29. The topological polar surface area (TPSA) is 75.0 Å². The number of carbonyl (C=O) groups is 1.